The number of aliphatic carboxylic acids is 2. The van der Waals surface area contributed by atoms with E-state index in [0.717, 1.165) is 19.1 Å². The van der Waals surface area contributed by atoms with Gasteiger partial charge in [0.2, 0.25) is 23.6 Å². The molecule has 0 radical (unpaired) electrons. The SMILES string of the molecule is CCCC[C@H](NC(=O)[C@H](C)NC(=O)[C@@H](NC(=O)c1ccccc1)C(C)C)C(=O)O.CCCC[C@H](NC(=O)[C@H](C)NC(=O)[C@@H](NC(=O)c1ccccc1)C(C)C)C(=O)O.O=CCBr. The second-order valence-electron chi connectivity index (χ2n) is 15.0. The summed E-state index contributed by atoms with van der Waals surface area (Å²) in [4.78, 5) is 106. The van der Waals surface area contributed by atoms with Crippen LogP contribution in [0.15, 0.2) is 60.7 Å². The summed E-state index contributed by atoms with van der Waals surface area (Å²) in [6, 6.07) is 11.5. The summed E-state index contributed by atoms with van der Waals surface area (Å²) in [5.41, 5.74) is 0.855. The van der Waals surface area contributed by atoms with Gasteiger partial charge in [-0.25, -0.2) is 9.59 Å². The molecule has 17 nitrogen and oxygen atoms in total. The zero-order valence-corrected chi connectivity index (χ0v) is 38.5. The topological polar surface area (TPSA) is 266 Å². The Morgan fingerprint density at radius 1 is 0.532 bits per heavy atom. The molecule has 2 aromatic rings. The highest BCUT2D eigenvalue weighted by atomic mass is 79.9. The van der Waals surface area contributed by atoms with Crippen LogP contribution in [-0.2, 0) is 33.6 Å². The fourth-order valence-corrected chi connectivity index (χ4v) is 5.36. The molecular weight excluding hydrogens is 868 g/mol. The van der Waals surface area contributed by atoms with E-state index in [0.29, 0.717) is 42.1 Å². The van der Waals surface area contributed by atoms with Crippen molar-refractivity contribution in [1.82, 2.24) is 31.9 Å². The zero-order valence-electron chi connectivity index (χ0n) is 36.9. The molecule has 2 rings (SSSR count). The number of alkyl halides is 1. The minimum Gasteiger partial charge on any atom is -0.480 e. The molecule has 0 aliphatic carbocycles. The lowest BCUT2D eigenvalue weighted by atomic mass is 10.0. The third-order valence-corrected chi connectivity index (χ3v) is 9.30. The van der Waals surface area contributed by atoms with Crippen LogP contribution in [0.25, 0.3) is 0 Å². The highest BCUT2D eigenvalue weighted by molar-refractivity contribution is 9.09. The Kier molecular flexibility index (Phi) is 28.4. The van der Waals surface area contributed by atoms with Crippen LogP contribution in [-0.4, -0.2) is 105 Å². The van der Waals surface area contributed by atoms with Crippen LogP contribution in [0.5, 0.6) is 0 Å². The van der Waals surface area contributed by atoms with Crippen molar-refractivity contribution in [3.8, 4) is 0 Å². The molecule has 0 heterocycles. The number of carbonyl (C=O) groups excluding carboxylic acids is 7. The van der Waals surface area contributed by atoms with Gasteiger partial charge in [0.15, 0.2) is 0 Å². The Labute approximate surface area is 372 Å². The van der Waals surface area contributed by atoms with E-state index < -0.39 is 71.8 Å². The maximum absolute atomic E-state index is 12.6. The number of carboxylic acid groups (broad SMARTS) is 2. The smallest absolute Gasteiger partial charge is 0.326 e. The molecule has 8 N–H and O–H groups in total. The summed E-state index contributed by atoms with van der Waals surface area (Å²) in [6.45, 7) is 13.9. The summed E-state index contributed by atoms with van der Waals surface area (Å²) in [5.74, 6) is -5.61. The molecule has 0 bridgehead atoms. The van der Waals surface area contributed by atoms with Gasteiger partial charge in [0.25, 0.3) is 11.8 Å². The molecule has 0 aromatic heterocycles. The Bertz CT molecular complexity index is 1610. The van der Waals surface area contributed by atoms with Gasteiger partial charge in [-0.15, -0.1) is 0 Å². The first kappa shape index (κ1) is 56.4. The van der Waals surface area contributed by atoms with Gasteiger partial charge < -0.3 is 46.9 Å². The first-order valence-electron chi connectivity index (χ1n) is 20.6. The third kappa shape index (κ3) is 22.3. The first-order chi connectivity index (χ1) is 29.2. The van der Waals surface area contributed by atoms with Crippen LogP contribution < -0.4 is 31.9 Å². The van der Waals surface area contributed by atoms with Crippen molar-refractivity contribution in [2.24, 2.45) is 11.8 Å². The highest BCUT2D eigenvalue weighted by Gasteiger charge is 2.30. The van der Waals surface area contributed by atoms with Crippen molar-refractivity contribution in [3.63, 3.8) is 0 Å². The number of amides is 6. The second kappa shape index (κ2) is 31.2. The number of hydrogen-bond donors (Lipinski definition) is 8. The molecule has 0 spiro atoms. The maximum atomic E-state index is 12.6. The first-order valence-corrected chi connectivity index (χ1v) is 21.8. The molecule has 6 amide bonds. The highest BCUT2D eigenvalue weighted by Crippen LogP contribution is 2.09. The summed E-state index contributed by atoms with van der Waals surface area (Å²) in [5, 5.41) is 34.3. The molecule has 0 unspecified atom stereocenters. The molecule has 6 atom stereocenters. The van der Waals surface area contributed by atoms with E-state index in [2.05, 4.69) is 47.8 Å². The molecule has 0 aliphatic rings. The van der Waals surface area contributed by atoms with Gasteiger partial charge in [-0.2, -0.15) is 0 Å². The van der Waals surface area contributed by atoms with E-state index in [1.807, 2.05) is 13.8 Å². The van der Waals surface area contributed by atoms with Gasteiger partial charge in [0.1, 0.15) is 42.5 Å². The molecule has 18 heteroatoms. The number of carbonyl (C=O) groups is 9. The van der Waals surface area contributed by atoms with E-state index in [1.54, 1.807) is 88.4 Å². The molecule has 0 saturated heterocycles. The number of halogens is 1. The van der Waals surface area contributed by atoms with Crippen molar-refractivity contribution in [2.75, 3.05) is 5.33 Å². The number of aldehydes is 1. The number of benzene rings is 2. The van der Waals surface area contributed by atoms with Crippen LogP contribution in [0.1, 0.15) is 115 Å². The van der Waals surface area contributed by atoms with Crippen LogP contribution in [0.4, 0.5) is 0 Å². The average molecular weight is 934 g/mol. The third-order valence-electron chi connectivity index (χ3n) is 9.03. The van der Waals surface area contributed by atoms with Crippen LogP contribution in [0, 0.1) is 11.8 Å². The lowest BCUT2D eigenvalue weighted by molar-refractivity contribution is -0.142. The minimum atomic E-state index is -1.11. The summed E-state index contributed by atoms with van der Waals surface area (Å²) >= 11 is 2.88. The normalized spacial score (nSPS) is 13.3. The lowest BCUT2D eigenvalue weighted by Gasteiger charge is -2.24. The number of unbranched alkanes of at least 4 members (excludes halogenated alkanes) is 2. The molecule has 0 fully saturated rings. The minimum absolute atomic E-state index is 0.214. The summed E-state index contributed by atoms with van der Waals surface area (Å²) in [6.07, 6.45) is 4.38. The van der Waals surface area contributed by atoms with Crippen molar-refractivity contribution in [1.29, 1.82) is 0 Å². The molecule has 344 valence electrons. The number of hydrogen-bond acceptors (Lipinski definition) is 9. The van der Waals surface area contributed by atoms with Crippen LogP contribution in [0.3, 0.4) is 0 Å². The van der Waals surface area contributed by atoms with Crippen molar-refractivity contribution >= 4 is 69.6 Å². The van der Waals surface area contributed by atoms with Gasteiger partial charge in [-0.05, 0) is 62.8 Å². The van der Waals surface area contributed by atoms with E-state index in [-0.39, 0.29) is 23.7 Å². The summed E-state index contributed by atoms with van der Waals surface area (Å²) < 4.78 is 0. The number of nitrogens with one attached hydrogen (secondary N) is 6. The Balaban J connectivity index is 0.00000110. The Morgan fingerprint density at radius 2 is 0.839 bits per heavy atom. The number of rotatable bonds is 23. The molecule has 0 aliphatic heterocycles. The molecule has 62 heavy (non-hydrogen) atoms. The fraction of sp³-hybridized carbons (Fsp3) is 0.523. The fourth-order valence-electron chi connectivity index (χ4n) is 5.36. The van der Waals surface area contributed by atoms with E-state index in [9.17, 15) is 48.6 Å². The standard InChI is InChI=1S/2C21H31N3O5.C2H3BrO/c2*1-5-6-12-16(21(28)29)23-18(25)14(4)22-20(27)17(13(2)3)24-19(26)15-10-8-7-9-11-15;3-1-2-4/h2*7-11,13-14,16-17H,5-6,12H2,1-4H3,(H,22,27)(H,23,25)(H,24,26)(H,28,29);2H,1H2/t2*14-,16-,17-;/m00./s1. The summed E-state index contributed by atoms with van der Waals surface area (Å²) in [7, 11) is 0. The zero-order chi connectivity index (χ0) is 47.4. The van der Waals surface area contributed by atoms with E-state index >= 15 is 0 Å². The van der Waals surface area contributed by atoms with Crippen LogP contribution in [0.2, 0.25) is 0 Å². The van der Waals surface area contributed by atoms with E-state index in [4.69, 9.17) is 4.79 Å². The quantitative estimate of drug-likeness (QED) is 0.0583. The lowest BCUT2D eigenvalue weighted by Crippen LogP contribution is -2.56. The van der Waals surface area contributed by atoms with Crippen molar-refractivity contribution in [2.45, 2.75) is 130 Å². The van der Waals surface area contributed by atoms with E-state index in [1.165, 1.54) is 13.8 Å². The number of carboxylic acids is 2. The predicted octanol–water partition coefficient (Wildman–Crippen LogP) is 3.99. The predicted molar refractivity (Wildman–Crippen MR) is 238 cm³/mol. The molecule has 2 aromatic carbocycles. The largest absolute Gasteiger partial charge is 0.480 e. The van der Waals surface area contributed by atoms with Gasteiger partial charge >= 0.3 is 11.9 Å². The average Bonchev–Trinajstić information content (AvgIpc) is 3.24. The Hall–Kier alpha value is -5.65. The van der Waals surface area contributed by atoms with Crippen molar-refractivity contribution < 1.29 is 53.4 Å². The monoisotopic (exact) mass is 932 g/mol. The van der Waals surface area contributed by atoms with Gasteiger partial charge in [0, 0.05) is 11.1 Å². The molecule has 0 saturated carbocycles. The van der Waals surface area contributed by atoms with Crippen molar-refractivity contribution in [3.05, 3.63) is 71.8 Å². The van der Waals surface area contributed by atoms with Gasteiger partial charge in [0.05, 0.1) is 5.33 Å². The van der Waals surface area contributed by atoms with Gasteiger partial charge in [-0.1, -0.05) is 120 Å². The van der Waals surface area contributed by atoms with Crippen LogP contribution >= 0.6 is 15.9 Å². The maximum Gasteiger partial charge on any atom is 0.326 e. The second-order valence-corrected chi connectivity index (χ2v) is 15.6. The molecular formula is C44H65BrN6O11. The van der Waals surface area contributed by atoms with Gasteiger partial charge in [-0.3, -0.25) is 28.8 Å². The Morgan fingerprint density at radius 3 is 1.08 bits per heavy atom.